The van der Waals surface area contributed by atoms with Gasteiger partial charge in [-0.25, -0.2) is 0 Å². The number of hydrogen-bond acceptors (Lipinski definition) is 3. The van der Waals surface area contributed by atoms with Crippen molar-refractivity contribution < 1.29 is 9.53 Å². The summed E-state index contributed by atoms with van der Waals surface area (Å²) < 4.78 is 5.19. The molecule has 130 valence electrons. The van der Waals surface area contributed by atoms with Gasteiger partial charge in [0.1, 0.15) is 5.75 Å². The van der Waals surface area contributed by atoms with Crippen LogP contribution in [0, 0.1) is 0 Å². The maximum absolute atomic E-state index is 12.8. The van der Waals surface area contributed by atoms with Crippen molar-refractivity contribution in [2.24, 2.45) is 0 Å². The first-order chi connectivity index (χ1) is 12.8. The Balaban J connectivity index is 1.85. The van der Waals surface area contributed by atoms with Gasteiger partial charge in [0.2, 0.25) is 0 Å². The zero-order valence-corrected chi connectivity index (χ0v) is 14.6. The number of ether oxygens (including phenoxy) is 1. The highest BCUT2D eigenvalue weighted by Crippen LogP contribution is 2.20. The molecule has 0 saturated heterocycles. The van der Waals surface area contributed by atoms with Crippen LogP contribution in [-0.2, 0) is 11.3 Å². The average Bonchev–Trinajstić information content (AvgIpc) is 2.72. The Morgan fingerprint density at radius 1 is 1.04 bits per heavy atom. The number of rotatable bonds is 6. The third-order valence-corrected chi connectivity index (χ3v) is 3.93. The van der Waals surface area contributed by atoms with E-state index in [-0.39, 0.29) is 5.91 Å². The third kappa shape index (κ3) is 4.57. The van der Waals surface area contributed by atoms with Gasteiger partial charge in [-0.15, -0.1) is 0 Å². The first-order valence-electron chi connectivity index (χ1n) is 8.34. The largest absolute Gasteiger partial charge is 0.497 e. The fourth-order valence-electron chi connectivity index (χ4n) is 2.54. The summed E-state index contributed by atoms with van der Waals surface area (Å²) in [5.74, 6) is 0.653. The molecule has 1 heterocycles. The van der Waals surface area contributed by atoms with Crippen LogP contribution < -0.4 is 10.1 Å². The molecule has 1 amide bonds. The molecule has 1 aromatic heterocycles. The van der Waals surface area contributed by atoms with E-state index in [0.29, 0.717) is 12.1 Å². The maximum Gasteiger partial charge on any atom is 0.252 e. The fraction of sp³-hybridized carbons (Fsp3) is 0.0909. The van der Waals surface area contributed by atoms with Gasteiger partial charge in [-0.2, -0.15) is 0 Å². The lowest BCUT2D eigenvalue weighted by Gasteiger charge is -2.10. The summed E-state index contributed by atoms with van der Waals surface area (Å²) in [5, 5.41) is 2.97. The quantitative estimate of drug-likeness (QED) is 0.544. The van der Waals surface area contributed by atoms with E-state index in [4.69, 9.17) is 4.74 Å². The van der Waals surface area contributed by atoms with Crippen LogP contribution in [0.2, 0.25) is 0 Å². The van der Waals surface area contributed by atoms with Crippen molar-refractivity contribution in [1.82, 2.24) is 10.3 Å². The number of carbonyl (C=O) groups excluding carboxylic acids is 1. The van der Waals surface area contributed by atoms with Crippen molar-refractivity contribution in [2.75, 3.05) is 7.11 Å². The van der Waals surface area contributed by atoms with E-state index in [0.717, 1.165) is 22.4 Å². The van der Waals surface area contributed by atoms with Crippen LogP contribution >= 0.6 is 0 Å². The van der Waals surface area contributed by atoms with E-state index in [1.54, 1.807) is 19.5 Å². The van der Waals surface area contributed by atoms with Gasteiger partial charge in [-0.1, -0.05) is 48.5 Å². The van der Waals surface area contributed by atoms with Crippen molar-refractivity contribution in [1.29, 1.82) is 0 Å². The zero-order chi connectivity index (χ0) is 18.2. The molecule has 0 atom stereocenters. The van der Waals surface area contributed by atoms with Crippen LogP contribution in [0.25, 0.3) is 11.6 Å². The number of hydrogen-bond donors (Lipinski definition) is 1. The molecule has 0 spiro atoms. The average molecular weight is 344 g/mol. The SMILES string of the molecule is COc1ccc(/C=C(/C(=O)NCc2cccnc2)c2ccccc2)cc1. The summed E-state index contributed by atoms with van der Waals surface area (Å²) in [6.45, 7) is 0.430. The zero-order valence-electron chi connectivity index (χ0n) is 14.6. The molecule has 0 radical (unpaired) electrons. The number of benzene rings is 2. The highest BCUT2D eigenvalue weighted by molar-refractivity contribution is 6.24. The Hall–Kier alpha value is -3.40. The molecule has 2 aromatic carbocycles. The lowest BCUT2D eigenvalue weighted by Crippen LogP contribution is -2.23. The molecule has 0 saturated carbocycles. The second kappa shape index (κ2) is 8.62. The molecular weight excluding hydrogens is 324 g/mol. The van der Waals surface area contributed by atoms with Crippen molar-refractivity contribution in [3.8, 4) is 5.75 Å². The number of carbonyl (C=O) groups is 1. The molecule has 0 aliphatic rings. The summed E-state index contributed by atoms with van der Waals surface area (Å²) in [7, 11) is 1.63. The van der Waals surface area contributed by atoms with Crippen molar-refractivity contribution in [2.45, 2.75) is 6.54 Å². The molecule has 26 heavy (non-hydrogen) atoms. The number of pyridine rings is 1. The van der Waals surface area contributed by atoms with Gasteiger partial charge in [0.25, 0.3) is 5.91 Å². The molecule has 4 heteroatoms. The Morgan fingerprint density at radius 2 is 1.81 bits per heavy atom. The monoisotopic (exact) mass is 344 g/mol. The van der Waals surface area contributed by atoms with Crippen molar-refractivity contribution >= 4 is 17.6 Å². The van der Waals surface area contributed by atoms with Crippen LogP contribution in [0.3, 0.4) is 0 Å². The Kier molecular flexibility index (Phi) is 5.78. The van der Waals surface area contributed by atoms with Crippen LogP contribution in [0.1, 0.15) is 16.7 Å². The van der Waals surface area contributed by atoms with E-state index in [1.807, 2.05) is 72.8 Å². The summed E-state index contributed by atoms with van der Waals surface area (Å²) in [4.78, 5) is 16.9. The molecule has 3 rings (SSSR count). The second-order valence-electron chi connectivity index (χ2n) is 5.74. The number of amides is 1. The summed E-state index contributed by atoms with van der Waals surface area (Å²) in [6.07, 6.45) is 5.34. The summed E-state index contributed by atoms with van der Waals surface area (Å²) in [6, 6.07) is 21.0. The molecule has 0 bridgehead atoms. The normalized spacial score (nSPS) is 11.0. The van der Waals surface area contributed by atoms with Gasteiger partial charge < -0.3 is 10.1 Å². The minimum Gasteiger partial charge on any atom is -0.497 e. The number of methoxy groups -OCH3 is 1. The van der Waals surface area contributed by atoms with Gasteiger partial charge in [0.15, 0.2) is 0 Å². The Bertz CT molecular complexity index is 873. The van der Waals surface area contributed by atoms with Crippen LogP contribution in [0.4, 0.5) is 0 Å². The van der Waals surface area contributed by atoms with E-state index in [1.165, 1.54) is 0 Å². The molecule has 0 aliphatic carbocycles. The van der Waals surface area contributed by atoms with Gasteiger partial charge in [0.05, 0.1) is 7.11 Å². The summed E-state index contributed by atoms with van der Waals surface area (Å²) in [5.41, 5.74) is 3.37. The van der Waals surface area contributed by atoms with E-state index >= 15 is 0 Å². The highest BCUT2D eigenvalue weighted by atomic mass is 16.5. The predicted octanol–water partition coefficient (Wildman–Crippen LogP) is 3.95. The maximum atomic E-state index is 12.8. The molecular formula is C22H20N2O2. The lowest BCUT2D eigenvalue weighted by atomic mass is 10.0. The minimum atomic E-state index is -0.129. The standard InChI is InChI=1S/C22H20N2O2/c1-26-20-11-9-17(10-12-20)14-21(19-7-3-2-4-8-19)22(25)24-16-18-6-5-13-23-15-18/h2-15H,16H2,1H3,(H,24,25)/b21-14+. The fourth-order valence-corrected chi connectivity index (χ4v) is 2.54. The highest BCUT2D eigenvalue weighted by Gasteiger charge is 2.12. The smallest absolute Gasteiger partial charge is 0.252 e. The number of aromatic nitrogens is 1. The number of nitrogens with zero attached hydrogens (tertiary/aromatic N) is 1. The second-order valence-corrected chi connectivity index (χ2v) is 5.74. The van der Waals surface area contributed by atoms with Crippen molar-refractivity contribution in [3.05, 3.63) is 95.8 Å². The molecule has 0 unspecified atom stereocenters. The minimum absolute atomic E-state index is 0.129. The van der Waals surface area contributed by atoms with E-state index in [2.05, 4.69) is 10.3 Å². The first-order valence-corrected chi connectivity index (χ1v) is 8.34. The van der Waals surface area contributed by atoms with Crippen LogP contribution in [0.5, 0.6) is 5.75 Å². The van der Waals surface area contributed by atoms with Gasteiger partial charge in [-0.05, 0) is 41.0 Å². The molecule has 4 nitrogen and oxygen atoms in total. The van der Waals surface area contributed by atoms with Gasteiger partial charge in [0, 0.05) is 24.5 Å². The first kappa shape index (κ1) is 17.4. The molecule has 0 aliphatic heterocycles. The van der Waals surface area contributed by atoms with Gasteiger partial charge >= 0.3 is 0 Å². The summed E-state index contributed by atoms with van der Waals surface area (Å²) >= 11 is 0. The Morgan fingerprint density at radius 3 is 2.46 bits per heavy atom. The number of nitrogens with one attached hydrogen (secondary N) is 1. The lowest BCUT2D eigenvalue weighted by molar-refractivity contribution is -0.115. The van der Waals surface area contributed by atoms with Crippen LogP contribution in [-0.4, -0.2) is 18.0 Å². The van der Waals surface area contributed by atoms with Crippen LogP contribution in [0.15, 0.2) is 79.1 Å². The Labute approximate surface area is 153 Å². The van der Waals surface area contributed by atoms with E-state index in [9.17, 15) is 4.79 Å². The third-order valence-electron chi connectivity index (χ3n) is 3.93. The van der Waals surface area contributed by atoms with E-state index < -0.39 is 0 Å². The topological polar surface area (TPSA) is 51.2 Å². The predicted molar refractivity (Wildman–Crippen MR) is 103 cm³/mol. The molecule has 3 aromatic rings. The molecule has 0 fully saturated rings. The van der Waals surface area contributed by atoms with Gasteiger partial charge in [-0.3, -0.25) is 9.78 Å². The van der Waals surface area contributed by atoms with Crippen molar-refractivity contribution in [3.63, 3.8) is 0 Å². The molecule has 1 N–H and O–H groups in total.